The van der Waals surface area contributed by atoms with E-state index in [2.05, 4.69) is 16.7 Å². The molecule has 17 heavy (non-hydrogen) atoms. The highest BCUT2D eigenvalue weighted by atomic mass is 35.5. The summed E-state index contributed by atoms with van der Waals surface area (Å²) < 4.78 is 5.33. The molecule has 0 N–H and O–H groups in total. The molecule has 3 nitrogen and oxygen atoms in total. The van der Waals surface area contributed by atoms with Crippen LogP contribution in [0.25, 0.3) is 17.3 Å². The largest absolute Gasteiger partial charge is 0.360 e. The number of hydrogen-bond acceptors (Lipinski definition) is 3. The molecular formula is C13H11ClN2O. The third-order valence-corrected chi connectivity index (χ3v) is 3.20. The molecule has 1 aliphatic carbocycles. The van der Waals surface area contributed by atoms with Crippen molar-refractivity contribution in [3.05, 3.63) is 41.4 Å². The summed E-state index contributed by atoms with van der Waals surface area (Å²) in [6.07, 6.45) is 7.43. The van der Waals surface area contributed by atoms with Gasteiger partial charge in [0.1, 0.15) is 11.5 Å². The quantitative estimate of drug-likeness (QED) is 0.824. The van der Waals surface area contributed by atoms with Crippen LogP contribution >= 0.6 is 11.6 Å². The highest BCUT2D eigenvalue weighted by Gasteiger charge is 2.28. The van der Waals surface area contributed by atoms with Crippen molar-refractivity contribution < 1.29 is 4.52 Å². The summed E-state index contributed by atoms with van der Waals surface area (Å²) in [5.41, 5.74) is 2.47. The van der Waals surface area contributed by atoms with E-state index in [9.17, 15) is 0 Å². The minimum absolute atomic E-state index is 0.545. The van der Waals surface area contributed by atoms with Gasteiger partial charge < -0.3 is 4.52 Å². The second-order valence-corrected chi connectivity index (χ2v) is 4.59. The third kappa shape index (κ3) is 1.87. The maximum absolute atomic E-state index is 6.16. The summed E-state index contributed by atoms with van der Waals surface area (Å²) >= 11 is 6.16. The molecule has 0 aliphatic heterocycles. The van der Waals surface area contributed by atoms with Crippen molar-refractivity contribution in [3.63, 3.8) is 0 Å². The standard InChI is InChI=1S/C13H11ClN2O/c1-2-8-6-15-7-10(14)13(8)11-5-12(17-16-11)9-3-4-9/h2,5-7,9H,1,3-4H2. The van der Waals surface area contributed by atoms with E-state index in [1.165, 1.54) is 12.8 Å². The van der Waals surface area contributed by atoms with E-state index in [1.54, 1.807) is 18.5 Å². The van der Waals surface area contributed by atoms with Crippen LogP contribution in [0.15, 0.2) is 29.6 Å². The normalized spacial score (nSPS) is 14.9. The molecule has 0 saturated heterocycles. The number of pyridine rings is 1. The van der Waals surface area contributed by atoms with Crippen LogP contribution in [-0.2, 0) is 0 Å². The molecule has 0 unspecified atom stereocenters. The van der Waals surface area contributed by atoms with Crippen LogP contribution in [0.2, 0.25) is 5.02 Å². The van der Waals surface area contributed by atoms with E-state index >= 15 is 0 Å². The Bertz CT molecular complexity index is 573. The Hall–Kier alpha value is -1.61. The van der Waals surface area contributed by atoms with Crippen molar-refractivity contribution in [1.82, 2.24) is 10.1 Å². The predicted molar refractivity (Wildman–Crippen MR) is 66.8 cm³/mol. The van der Waals surface area contributed by atoms with Gasteiger partial charge in [-0.15, -0.1) is 0 Å². The van der Waals surface area contributed by atoms with Gasteiger partial charge in [-0.05, 0) is 12.8 Å². The maximum Gasteiger partial charge on any atom is 0.140 e. The zero-order valence-electron chi connectivity index (χ0n) is 9.19. The minimum Gasteiger partial charge on any atom is -0.360 e. The summed E-state index contributed by atoms with van der Waals surface area (Å²) in [5.74, 6) is 1.49. The fourth-order valence-electron chi connectivity index (χ4n) is 1.84. The number of rotatable bonds is 3. The van der Waals surface area contributed by atoms with Crippen molar-refractivity contribution >= 4 is 17.7 Å². The van der Waals surface area contributed by atoms with Crippen molar-refractivity contribution in [1.29, 1.82) is 0 Å². The average molecular weight is 247 g/mol. The summed E-state index contributed by atoms with van der Waals surface area (Å²) in [6.45, 7) is 3.76. The van der Waals surface area contributed by atoms with Crippen molar-refractivity contribution in [3.8, 4) is 11.3 Å². The molecule has 1 saturated carbocycles. The Kier molecular flexibility index (Phi) is 2.48. The fourth-order valence-corrected chi connectivity index (χ4v) is 2.10. The Morgan fingerprint density at radius 3 is 2.94 bits per heavy atom. The molecule has 0 aromatic carbocycles. The number of aromatic nitrogens is 2. The molecule has 1 fully saturated rings. The average Bonchev–Trinajstić information content (AvgIpc) is 3.08. The molecule has 0 amide bonds. The lowest BCUT2D eigenvalue weighted by Gasteiger charge is -2.03. The number of halogens is 1. The van der Waals surface area contributed by atoms with E-state index in [0.717, 1.165) is 22.6 Å². The topological polar surface area (TPSA) is 38.9 Å². The molecule has 2 aromatic rings. The van der Waals surface area contributed by atoms with Crippen LogP contribution in [-0.4, -0.2) is 10.1 Å². The molecule has 2 heterocycles. The van der Waals surface area contributed by atoms with E-state index in [1.807, 2.05) is 6.07 Å². The molecule has 0 spiro atoms. The molecule has 0 bridgehead atoms. The molecule has 2 aromatic heterocycles. The van der Waals surface area contributed by atoms with E-state index < -0.39 is 0 Å². The van der Waals surface area contributed by atoms with E-state index in [-0.39, 0.29) is 0 Å². The lowest BCUT2D eigenvalue weighted by Crippen LogP contribution is -1.86. The molecule has 86 valence electrons. The van der Waals surface area contributed by atoms with Gasteiger partial charge in [0.15, 0.2) is 0 Å². The van der Waals surface area contributed by atoms with Gasteiger partial charge in [0, 0.05) is 35.5 Å². The summed E-state index contributed by atoms with van der Waals surface area (Å²) in [7, 11) is 0. The van der Waals surface area contributed by atoms with Crippen LogP contribution < -0.4 is 0 Å². The Balaban J connectivity index is 2.09. The van der Waals surface area contributed by atoms with Crippen LogP contribution in [0.4, 0.5) is 0 Å². The van der Waals surface area contributed by atoms with Gasteiger partial charge in [0.25, 0.3) is 0 Å². The second kappa shape index (κ2) is 4.00. The number of hydrogen-bond donors (Lipinski definition) is 0. The number of nitrogens with zero attached hydrogens (tertiary/aromatic N) is 2. The first-order valence-corrected chi connectivity index (χ1v) is 5.90. The van der Waals surface area contributed by atoms with Crippen molar-refractivity contribution in [2.24, 2.45) is 0 Å². The summed E-state index contributed by atoms with van der Waals surface area (Å²) in [5, 5.41) is 4.65. The highest BCUT2D eigenvalue weighted by Crippen LogP contribution is 2.42. The van der Waals surface area contributed by atoms with Gasteiger partial charge in [-0.25, -0.2) is 0 Å². The van der Waals surface area contributed by atoms with E-state index in [0.29, 0.717) is 10.9 Å². The maximum atomic E-state index is 6.16. The van der Waals surface area contributed by atoms with Crippen LogP contribution in [0, 0.1) is 0 Å². The smallest absolute Gasteiger partial charge is 0.140 e. The SMILES string of the molecule is C=Cc1cncc(Cl)c1-c1cc(C2CC2)on1. The summed E-state index contributed by atoms with van der Waals surface area (Å²) in [4.78, 5) is 4.03. The second-order valence-electron chi connectivity index (χ2n) is 4.18. The lowest BCUT2D eigenvalue weighted by molar-refractivity contribution is 0.386. The zero-order valence-corrected chi connectivity index (χ0v) is 9.94. The monoisotopic (exact) mass is 246 g/mol. The van der Waals surface area contributed by atoms with Gasteiger partial charge in [-0.1, -0.05) is 29.4 Å². The summed E-state index contributed by atoms with van der Waals surface area (Å²) in [6, 6.07) is 1.96. The Morgan fingerprint density at radius 2 is 2.24 bits per heavy atom. The molecule has 0 radical (unpaired) electrons. The van der Waals surface area contributed by atoms with Gasteiger partial charge in [-0.2, -0.15) is 0 Å². The van der Waals surface area contributed by atoms with Gasteiger partial charge in [-0.3, -0.25) is 4.98 Å². The lowest BCUT2D eigenvalue weighted by atomic mass is 10.1. The predicted octanol–water partition coefficient (Wildman–Crippen LogP) is 3.91. The first-order valence-electron chi connectivity index (χ1n) is 5.52. The van der Waals surface area contributed by atoms with E-state index in [4.69, 9.17) is 16.1 Å². The van der Waals surface area contributed by atoms with Gasteiger partial charge in [0.2, 0.25) is 0 Å². The minimum atomic E-state index is 0.545. The molecule has 1 aliphatic rings. The first-order chi connectivity index (χ1) is 8.29. The first kappa shape index (κ1) is 10.5. The fraction of sp³-hybridized carbons (Fsp3) is 0.231. The van der Waals surface area contributed by atoms with Crippen molar-refractivity contribution in [2.75, 3.05) is 0 Å². The highest BCUT2D eigenvalue weighted by molar-refractivity contribution is 6.33. The molecule has 4 heteroatoms. The third-order valence-electron chi connectivity index (χ3n) is 2.91. The van der Waals surface area contributed by atoms with Crippen LogP contribution in [0.1, 0.15) is 30.1 Å². The Labute approximate surface area is 104 Å². The van der Waals surface area contributed by atoms with Gasteiger partial charge in [0.05, 0.1) is 5.02 Å². The molecular weight excluding hydrogens is 236 g/mol. The molecule has 3 rings (SSSR count). The van der Waals surface area contributed by atoms with Crippen molar-refractivity contribution in [2.45, 2.75) is 18.8 Å². The van der Waals surface area contributed by atoms with Crippen LogP contribution in [0.3, 0.4) is 0 Å². The Morgan fingerprint density at radius 1 is 1.41 bits per heavy atom. The van der Waals surface area contributed by atoms with Gasteiger partial charge >= 0.3 is 0 Å². The zero-order chi connectivity index (χ0) is 11.8. The molecule has 0 atom stereocenters. The van der Waals surface area contributed by atoms with Crippen LogP contribution in [0.5, 0.6) is 0 Å².